The summed E-state index contributed by atoms with van der Waals surface area (Å²) in [6, 6.07) is 13.3. The molecule has 5 rings (SSSR count). The normalized spacial score (nSPS) is 11.2. The predicted octanol–water partition coefficient (Wildman–Crippen LogP) is 4.06. The number of carbonyl (C=O) groups excluding carboxylic acids is 1. The fraction of sp³-hybridized carbons (Fsp3) is 0.0476. The standard InChI is InChI=1S/C21H16N6O/c1-12-7-13(5-6-22-12)17-8-15-10-23-19(9-18(15)25-17)26-21(28)16-4-2-3-14-11-24-27-20(14)16/h2-11,25H,1H3,(H,24,27)(H,23,26,28). The van der Waals surface area contributed by atoms with Gasteiger partial charge in [-0.15, -0.1) is 0 Å². The number of hydrogen-bond acceptors (Lipinski definition) is 4. The summed E-state index contributed by atoms with van der Waals surface area (Å²) in [5.41, 5.74) is 5.12. The molecule has 0 radical (unpaired) electrons. The Kier molecular flexibility index (Phi) is 3.65. The third-order valence-electron chi connectivity index (χ3n) is 4.67. The molecule has 0 saturated heterocycles. The number of pyridine rings is 2. The van der Waals surface area contributed by atoms with Crippen molar-refractivity contribution < 1.29 is 4.79 Å². The van der Waals surface area contributed by atoms with Gasteiger partial charge in [-0.25, -0.2) is 4.98 Å². The molecule has 1 amide bonds. The second-order valence-electron chi connectivity index (χ2n) is 6.62. The summed E-state index contributed by atoms with van der Waals surface area (Å²) >= 11 is 0. The summed E-state index contributed by atoms with van der Waals surface area (Å²) in [5, 5.41) is 11.6. The topological polar surface area (TPSA) is 99.4 Å². The molecule has 7 nitrogen and oxygen atoms in total. The van der Waals surface area contributed by atoms with Crippen LogP contribution in [0.2, 0.25) is 0 Å². The maximum absolute atomic E-state index is 12.7. The average molecular weight is 368 g/mol. The first-order chi connectivity index (χ1) is 13.7. The number of fused-ring (bicyclic) bond motifs is 2. The molecule has 1 aromatic carbocycles. The largest absolute Gasteiger partial charge is 0.354 e. The Labute approximate surface area is 159 Å². The molecule has 28 heavy (non-hydrogen) atoms. The van der Waals surface area contributed by atoms with E-state index in [2.05, 4.69) is 30.5 Å². The Hall–Kier alpha value is -4.00. The van der Waals surface area contributed by atoms with E-state index in [1.54, 1.807) is 24.7 Å². The first kappa shape index (κ1) is 16.2. The van der Waals surface area contributed by atoms with Crippen molar-refractivity contribution in [1.82, 2.24) is 25.1 Å². The molecular formula is C21H16N6O. The van der Waals surface area contributed by atoms with Gasteiger partial charge in [-0.05, 0) is 31.2 Å². The van der Waals surface area contributed by atoms with Gasteiger partial charge >= 0.3 is 0 Å². The van der Waals surface area contributed by atoms with Crippen LogP contribution in [0.15, 0.2) is 61.1 Å². The fourth-order valence-electron chi connectivity index (χ4n) is 3.30. The molecule has 0 fully saturated rings. The smallest absolute Gasteiger partial charge is 0.259 e. The van der Waals surface area contributed by atoms with Crippen LogP contribution >= 0.6 is 0 Å². The van der Waals surface area contributed by atoms with Gasteiger partial charge in [-0.2, -0.15) is 5.10 Å². The van der Waals surface area contributed by atoms with E-state index >= 15 is 0 Å². The van der Waals surface area contributed by atoms with Crippen LogP contribution in [0.4, 0.5) is 5.82 Å². The molecule has 0 unspecified atom stereocenters. The molecule has 0 atom stereocenters. The average Bonchev–Trinajstić information content (AvgIpc) is 3.34. The lowest BCUT2D eigenvalue weighted by Crippen LogP contribution is -2.13. The summed E-state index contributed by atoms with van der Waals surface area (Å²) in [6.45, 7) is 1.96. The summed E-state index contributed by atoms with van der Waals surface area (Å²) < 4.78 is 0. The Morgan fingerprint density at radius 2 is 1.96 bits per heavy atom. The maximum Gasteiger partial charge on any atom is 0.259 e. The lowest BCUT2D eigenvalue weighted by molar-refractivity contribution is 0.102. The lowest BCUT2D eigenvalue weighted by atomic mass is 10.1. The third-order valence-corrected chi connectivity index (χ3v) is 4.67. The summed E-state index contributed by atoms with van der Waals surface area (Å²) in [4.78, 5) is 24.7. The Bertz CT molecular complexity index is 1330. The number of H-pyrrole nitrogens is 2. The second-order valence-corrected chi connectivity index (χ2v) is 6.62. The summed E-state index contributed by atoms with van der Waals surface area (Å²) in [6.07, 6.45) is 5.23. The van der Waals surface area contributed by atoms with Crippen LogP contribution in [-0.4, -0.2) is 31.1 Å². The van der Waals surface area contributed by atoms with E-state index in [-0.39, 0.29) is 5.91 Å². The number of aromatic amines is 2. The first-order valence-corrected chi connectivity index (χ1v) is 8.82. The highest BCUT2D eigenvalue weighted by atomic mass is 16.1. The highest BCUT2D eigenvalue weighted by molar-refractivity contribution is 6.11. The monoisotopic (exact) mass is 368 g/mol. The minimum absolute atomic E-state index is 0.238. The zero-order valence-corrected chi connectivity index (χ0v) is 15.0. The number of nitrogens with zero attached hydrogens (tertiary/aromatic N) is 3. The number of aryl methyl sites for hydroxylation is 1. The number of benzene rings is 1. The Balaban J connectivity index is 1.46. The van der Waals surface area contributed by atoms with Crippen molar-refractivity contribution in [1.29, 1.82) is 0 Å². The van der Waals surface area contributed by atoms with E-state index < -0.39 is 0 Å². The van der Waals surface area contributed by atoms with E-state index in [0.29, 0.717) is 16.9 Å². The second kappa shape index (κ2) is 6.31. The molecule has 4 aromatic heterocycles. The number of nitrogens with one attached hydrogen (secondary N) is 3. The number of aromatic nitrogens is 5. The van der Waals surface area contributed by atoms with Crippen LogP contribution in [0, 0.1) is 6.92 Å². The van der Waals surface area contributed by atoms with Gasteiger partial charge in [0.1, 0.15) is 5.82 Å². The van der Waals surface area contributed by atoms with Crippen molar-refractivity contribution in [2.24, 2.45) is 0 Å². The quantitative estimate of drug-likeness (QED) is 0.447. The molecule has 136 valence electrons. The van der Waals surface area contributed by atoms with E-state index in [4.69, 9.17) is 0 Å². The number of carbonyl (C=O) groups is 1. The van der Waals surface area contributed by atoms with E-state index in [9.17, 15) is 4.79 Å². The highest BCUT2D eigenvalue weighted by Crippen LogP contribution is 2.25. The molecule has 0 saturated carbocycles. The summed E-state index contributed by atoms with van der Waals surface area (Å²) in [5.74, 6) is 0.242. The third kappa shape index (κ3) is 2.79. The molecule has 0 aliphatic rings. The predicted molar refractivity (Wildman–Crippen MR) is 108 cm³/mol. The number of anilines is 1. The van der Waals surface area contributed by atoms with Gasteiger partial charge in [0.2, 0.25) is 0 Å². The van der Waals surface area contributed by atoms with E-state index in [0.717, 1.165) is 33.2 Å². The van der Waals surface area contributed by atoms with Crippen molar-refractivity contribution in [3.05, 3.63) is 72.3 Å². The number of rotatable bonds is 3. The van der Waals surface area contributed by atoms with Crippen molar-refractivity contribution in [3.8, 4) is 11.3 Å². The Morgan fingerprint density at radius 3 is 2.86 bits per heavy atom. The minimum atomic E-state index is -0.238. The number of amides is 1. The summed E-state index contributed by atoms with van der Waals surface area (Å²) in [7, 11) is 0. The van der Waals surface area contributed by atoms with Gasteiger partial charge in [-0.1, -0.05) is 12.1 Å². The fourth-order valence-corrected chi connectivity index (χ4v) is 3.30. The van der Waals surface area contributed by atoms with Gasteiger partial charge in [0.05, 0.1) is 22.8 Å². The van der Waals surface area contributed by atoms with Crippen molar-refractivity contribution in [2.45, 2.75) is 6.92 Å². The molecule has 7 heteroatoms. The lowest BCUT2D eigenvalue weighted by Gasteiger charge is -2.05. The van der Waals surface area contributed by atoms with Crippen LogP contribution in [-0.2, 0) is 0 Å². The maximum atomic E-state index is 12.7. The van der Waals surface area contributed by atoms with Crippen LogP contribution < -0.4 is 5.32 Å². The molecular weight excluding hydrogens is 352 g/mol. The SMILES string of the molecule is Cc1cc(-c2cc3cnc(NC(=O)c4cccc5cn[nH]c45)cc3[nH]2)ccn1. The Morgan fingerprint density at radius 1 is 1.04 bits per heavy atom. The molecule has 5 aromatic rings. The van der Waals surface area contributed by atoms with Crippen molar-refractivity contribution in [3.63, 3.8) is 0 Å². The first-order valence-electron chi connectivity index (χ1n) is 8.82. The molecule has 0 aliphatic heterocycles. The zero-order valence-electron chi connectivity index (χ0n) is 15.0. The van der Waals surface area contributed by atoms with Gasteiger partial charge in [0, 0.05) is 46.2 Å². The van der Waals surface area contributed by atoms with Crippen LogP contribution in [0.1, 0.15) is 16.1 Å². The van der Waals surface area contributed by atoms with Gasteiger partial charge in [-0.3, -0.25) is 14.9 Å². The van der Waals surface area contributed by atoms with Crippen LogP contribution in [0.3, 0.4) is 0 Å². The number of hydrogen-bond donors (Lipinski definition) is 3. The molecule has 4 heterocycles. The van der Waals surface area contributed by atoms with Crippen LogP contribution in [0.25, 0.3) is 33.1 Å². The van der Waals surface area contributed by atoms with Gasteiger partial charge < -0.3 is 10.3 Å². The van der Waals surface area contributed by atoms with E-state index in [1.165, 1.54) is 0 Å². The molecule has 0 spiro atoms. The molecule has 3 N–H and O–H groups in total. The van der Waals surface area contributed by atoms with Gasteiger partial charge in [0.25, 0.3) is 5.91 Å². The minimum Gasteiger partial charge on any atom is -0.354 e. The molecule has 0 aliphatic carbocycles. The molecule has 0 bridgehead atoms. The highest BCUT2D eigenvalue weighted by Gasteiger charge is 2.13. The van der Waals surface area contributed by atoms with Crippen molar-refractivity contribution in [2.75, 3.05) is 5.32 Å². The van der Waals surface area contributed by atoms with E-state index in [1.807, 2.05) is 43.3 Å². The number of para-hydroxylation sites is 1. The van der Waals surface area contributed by atoms with Gasteiger partial charge in [0.15, 0.2) is 0 Å². The van der Waals surface area contributed by atoms with Crippen molar-refractivity contribution >= 4 is 33.5 Å². The zero-order chi connectivity index (χ0) is 19.1. The van der Waals surface area contributed by atoms with Crippen LogP contribution in [0.5, 0.6) is 0 Å².